The van der Waals surface area contributed by atoms with Gasteiger partial charge in [0.25, 0.3) is 5.69 Å². The SMILES string of the molecule is COc1ccccc1-n1c(SCC(=O)N[C@H]2CCS(=O)(=O)C2)nc2cc([N+](=O)[O-])ccc21. The van der Waals surface area contributed by atoms with Crippen molar-refractivity contribution in [2.45, 2.75) is 17.6 Å². The van der Waals surface area contributed by atoms with Gasteiger partial charge in [0.15, 0.2) is 15.0 Å². The van der Waals surface area contributed by atoms with Crippen molar-refractivity contribution in [3.05, 3.63) is 52.6 Å². The zero-order valence-electron chi connectivity index (χ0n) is 17.1. The highest BCUT2D eigenvalue weighted by Crippen LogP contribution is 2.33. The molecule has 0 spiro atoms. The minimum atomic E-state index is -3.09. The Morgan fingerprint density at radius 3 is 2.81 bits per heavy atom. The Morgan fingerprint density at radius 1 is 1.34 bits per heavy atom. The van der Waals surface area contributed by atoms with E-state index in [1.54, 1.807) is 23.8 Å². The van der Waals surface area contributed by atoms with E-state index < -0.39 is 14.8 Å². The summed E-state index contributed by atoms with van der Waals surface area (Å²) in [6.07, 6.45) is 0.405. The van der Waals surface area contributed by atoms with Crippen LogP contribution >= 0.6 is 11.8 Å². The van der Waals surface area contributed by atoms with E-state index in [1.165, 1.54) is 12.1 Å². The number of nitrogens with zero attached hydrogens (tertiary/aromatic N) is 3. The molecule has 1 saturated heterocycles. The number of thioether (sulfide) groups is 1. The number of nitrogens with one attached hydrogen (secondary N) is 1. The number of nitro groups is 1. The predicted octanol–water partition coefficient (Wildman–Crippen LogP) is 2.34. The van der Waals surface area contributed by atoms with Gasteiger partial charge in [-0.3, -0.25) is 19.5 Å². The highest BCUT2D eigenvalue weighted by atomic mass is 32.2. The van der Waals surface area contributed by atoms with Crippen LogP contribution in [0, 0.1) is 10.1 Å². The first-order valence-electron chi connectivity index (χ1n) is 9.70. The van der Waals surface area contributed by atoms with E-state index in [2.05, 4.69) is 10.3 Å². The van der Waals surface area contributed by atoms with Crippen LogP contribution in [0.2, 0.25) is 0 Å². The maximum absolute atomic E-state index is 12.4. The number of amides is 1. The minimum Gasteiger partial charge on any atom is -0.495 e. The molecule has 12 heteroatoms. The van der Waals surface area contributed by atoms with Gasteiger partial charge in [0.1, 0.15) is 5.75 Å². The highest BCUT2D eigenvalue weighted by molar-refractivity contribution is 7.99. The van der Waals surface area contributed by atoms with Gasteiger partial charge >= 0.3 is 0 Å². The molecular weight excluding hydrogens is 456 g/mol. The molecule has 1 amide bonds. The number of hydrogen-bond donors (Lipinski definition) is 1. The predicted molar refractivity (Wildman–Crippen MR) is 120 cm³/mol. The van der Waals surface area contributed by atoms with Crippen molar-refractivity contribution in [3.63, 3.8) is 0 Å². The summed E-state index contributed by atoms with van der Waals surface area (Å²) in [4.78, 5) is 27.7. The van der Waals surface area contributed by atoms with Crippen LogP contribution in [0.1, 0.15) is 6.42 Å². The van der Waals surface area contributed by atoms with Gasteiger partial charge < -0.3 is 10.1 Å². The smallest absolute Gasteiger partial charge is 0.271 e. The summed E-state index contributed by atoms with van der Waals surface area (Å²) in [7, 11) is -1.55. The van der Waals surface area contributed by atoms with E-state index in [9.17, 15) is 23.3 Å². The highest BCUT2D eigenvalue weighted by Gasteiger charge is 2.29. The number of non-ortho nitro benzene ring substituents is 1. The van der Waals surface area contributed by atoms with E-state index >= 15 is 0 Å². The van der Waals surface area contributed by atoms with Gasteiger partial charge in [0.05, 0.1) is 46.0 Å². The standard InChI is InChI=1S/C20H20N4O6S2/c1-30-18-5-3-2-4-17(18)23-16-7-6-14(24(26)27)10-15(16)22-20(23)31-11-19(25)21-13-8-9-32(28,29)12-13/h2-7,10,13H,8-9,11-12H2,1H3,(H,21,25)/t13-/m0/s1. The summed E-state index contributed by atoms with van der Waals surface area (Å²) in [6.45, 7) is 0. The maximum atomic E-state index is 12.4. The number of methoxy groups -OCH3 is 1. The fourth-order valence-corrected chi connectivity index (χ4v) is 6.12. The van der Waals surface area contributed by atoms with Gasteiger partial charge in [0.2, 0.25) is 5.91 Å². The van der Waals surface area contributed by atoms with Gasteiger partial charge in [-0.1, -0.05) is 23.9 Å². The zero-order chi connectivity index (χ0) is 22.9. The summed E-state index contributed by atoms with van der Waals surface area (Å²) in [5, 5.41) is 14.4. The molecule has 168 valence electrons. The number of fused-ring (bicyclic) bond motifs is 1. The number of hydrogen-bond acceptors (Lipinski definition) is 8. The number of aromatic nitrogens is 2. The van der Waals surface area contributed by atoms with Crippen LogP contribution in [0.15, 0.2) is 47.6 Å². The fraction of sp³-hybridized carbons (Fsp3) is 0.300. The Bertz CT molecular complexity index is 1300. The first kappa shape index (κ1) is 22.1. The van der Waals surface area contributed by atoms with E-state index in [1.807, 2.05) is 18.2 Å². The quantitative estimate of drug-likeness (QED) is 0.312. The fourth-order valence-electron chi connectivity index (χ4n) is 3.61. The molecule has 2 heterocycles. The van der Waals surface area contributed by atoms with E-state index in [4.69, 9.17) is 4.74 Å². The van der Waals surface area contributed by atoms with Gasteiger partial charge in [0, 0.05) is 18.2 Å². The first-order valence-corrected chi connectivity index (χ1v) is 12.5. The third kappa shape index (κ3) is 4.55. The topological polar surface area (TPSA) is 133 Å². The number of nitro benzene ring substituents is 1. The summed E-state index contributed by atoms with van der Waals surface area (Å²) in [5.74, 6) is 0.312. The van der Waals surface area contributed by atoms with Crippen molar-refractivity contribution in [2.75, 3.05) is 24.4 Å². The average Bonchev–Trinajstić information content (AvgIpc) is 3.30. The Morgan fingerprint density at radius 2 is 2.12 bits per heavy atom. The third-order valence-corrected chi connectivity index (χ3v) is 7.78. The van der Waals surface area contributed by atoms with Crippen molar-refractivity contribution >= 4 is 44.2 Å². The Balaban J connectivity index is 1.65. The van der Waals surface area contributed by atoms with Crippen molar-refractivity contribution in [2.24, 2.45) is 0 Å². The molecular formula is C20H20N4O6S2. The first-order chi connectivity index (χ1) is 15.3. The van der Waals surface area contributed by atoms with Crippen LogP contribution in [0.5, 0.6) is 5.75 Å². The molecule has 4 rings (SSSR count). The molecule has 1 aliphatic rings. The molecule has 10 nitrogen and oxygen atoms in total. The molecule has 3 aromatic rings. The Labute approximate surface area is 188 Å². The van der Waals surface area contributed by atoms with Crippen LogP contribution in [0.3, 0.4) is 0 Å². The number of sulfone groups is 1. The Kier molecular flexibility index (Phi) is 6.07. The van der Waals surface area contributed by atoms with Crippen LogP contribution in [-0.2, 0) is 14.6 Å². The van der Waals surface area contributed by atoms with Crippen molar-refractivity contribution < 1.29 is 22.9 Å². The molecule has 1 aliphatic heterocycles. The number of ether oxygens (including phenoxy) is 1. The maximum Gasteiger partial charge on any atom is 0.271 e. The van der Waals surface area contributed by atoms with Crippen LogP contribution in [0.4, 0.5) is 5.69 Å². The van der Waals surface area contributed by atoms with Crippen molar-refractivity contribution in [1.82, 2.24) is 14.9 Å². The van der Waals surface area contributed by atoms with Crippen molar-refractivity contribution in [1.29, 1.82) is 0 Å². The molecule has 1 fully saturated rings. The van der Waals surface area contributed by atoms with Crippen LogP contribution in [0.25, 0.3) is 16.7 Å². The monoisotopic (exact) mass is 476 g/mol. The van der Waals surface area contributed by atoms with Crippen molar-refractivity contribution in [3.8, 4) is 11.4 Å². The third-order valence-electron chi connectivity index (χ3n) is 5.07. The van der Waals surface area contributed by atoms with Gasteiger partial charge in [-0.05, 0) is 24.6 Å². The van der Waals surface area contributed by atoms with E-state index in [0.717, 1.165) is 11.8 Å². The van der Waals surface area contributed by atoms with Crippen LogP contribution < -0.4 is 10.1 Å². The number of rotatable bonds is 7. The second kappa shape index (κ2) is 8.79. The molecule has 0 aliphatic carbocycles. The summed E-state index contributed by atoms with van der Waals surface area (Å²) in [6, 6.07) is 11.3. The lowest BCUT2D eigenvalue weighted by molar-refractivity contribution is -0.384. The lowest BCUT2D eigenvalue weighted by Crippen LogP contribution is -2.36. The normalized spacial score (nSPS) is 17.3. The average molecular weight is 477 g/mol. The second-order valence-electron chi connectivity index (χ2n) is 7.29. The van der Waals surface area contributed by atoms with E-state index in [-0.39, 0.29) is 34.9 Å². The second-order valence-corrected chi connectivity index (χ2v) is 10.5. The van der Waals surface area contributed by atoms with E-state index in [0.29, 0.717) is 34.0 Å². The molecule has 2 aromatic carbocycles. The number of carbonyl (C=O) groups excluding carboxylic acids is 1. The molecule has 1 atom stereocenters. The summed E-state index contributed by atoms with van der Waals surface area (Å²) >= 11 is 1.16. The Hall–Kier alpha value is -3.12. The van der Waals surface area contributed by atoms with Crippen LogP contribution in [-0.4, -0.2) is 59.2 Å². The lowest BCUT2D eigenvalue weighted by atomic mass is 10.2. The molecule has 1 aromatic heterocycles. The molecule has 32 heavy (non-hydrogen) atoms. The molecule has 1 N–H and O–H groups in total. The molecule has 0 unspecified atom stereocenters. The lowest BCUT2D eigenvalue weighted by Gasteiger charge is -2.13. The van der Waals surface area contributed by atoms with Gasteiger partial charge in [-0.15, -0.1) is 0 Å². The zero-order valence-corrected chi connectivity index (χ0v) is 18.7. The number of imidazole rings is 1. The molecule has 0 saturated carbocycles. The summed E-state index contributed by atoms with van der Waals surface area (Å²) < 4.78 is 30.5. The van der Waals surface area contributed by atoms with Gasteiger partial charge in [-0.25, -0.2) is 13.4 Å². The summed E-state index contributed by atoms with van der Waals surface area (Å²) in [5.41, 5.74) is 1.63. The number of benzene rings is 2. The molecule has 0 bridgehead atoms. The number of para-hydroxylation sites is 2. The van der Waals surface area contributed by atoms with Gasteiger partial charge in [-0.2, -0.15) is 0 Å². The largest absolute Gasteiger partial charge is 0.495 e. The molecule has 0 radical (unpaired) electrons. The minimum absolute atomic E-state index is 0.0110. The number of carbonyl (C=O) groups is 1.